The third kappa shape index (κ3) is 5.66. The summed E-state index contributed by atoms with van der Waals surface area (Å²) in [6.45, 7) is 0.0775. The average molecular weight is 568 g/mol. The Balaban J connectivity index is 1.39. The van der Waals surface area contributed by atoms with E-state index < -0.39 is 39.8 Å². The first kappa shape index (κ1) is 26.9. The van der Waals surface area contributed by atoms with Gasteiger partial charge >= 0.3 is 16.2 Å². The van der Waals surface area contributed by atoms with Crippen molar-refractivity contribution in [3.63, 3.8) is 0 Å². The number of nitrogens with zero attached hydrogens (tertiary/aromatic N) is 5. The molecule has 0 aliphatic carbocycles. The number of hydrogen-bond donors (Lipinski definition) is 2. The zero-order valence-corrected chi connectivity index (χ0v) is 21.9. The Morgan fingerprint density at radius 2 is 1.88 bits per heavy atom. The second kappa shape index (κ2) is 10.8. The Bertz CT molecular complexity index is 1700. The molecule has 11 nitrogen and oxygen atoms in total. The number of pyridine rings is 1. The number of benzene rings is 2. The molecule has 3 heterocycles. The second-order valence-corrected chi connectivity index (χ2v) is 10.7. The highest BCUT2D eigenvalue weighted by molar-refractivity contribution is 7.91. The summed E-state index contributed by atoms with van der Waals surface area (Å²) in [4.78, 5) is 39.9. The van der Waals surface area contributed by atoms with Crippen molar-refractivity contribution < 1.29 is 26.8 Å². The van der Waals surface area contributed by atoms with E-state index in [1.807, 2.05) is 4.72 Å². The highest BCUT2D eigenvalue weighted by atomic mass is 32.2. The highest BCUT2D eigenvalue weighted by Crippen LogP contribution is 2.27. The van der Waals surface area contributed by atoms with E-state index in [2.05, 4.69) is 20.3 Å². The first-order valence-corrected chi connectivity index (χ1v) is 13.5. The summed E-state index contributed by atoms with van der Waals surface area (Å²) in [7, 11) is -2.93. The lowest BCUT2D eigenvalue weighted by Crippen LogP contribution is -2.54. The van der Waals surface area contributed by atoms with Gasteiger partial charge in [-0.25, -0.2) is 37.6 Å². The average Bonchev–Trinajstić information content (AvgIpc) is 3.36. The fraction of sp³-hybridized carbons (Fsp3) is 0.192. The van der Waals surface area contributed by atoms with Crippen LogP contribution < -0.4 is 19.2 Å². The van der Waals surface area contributed by atoms with Gasteiger partial charge in [-0.05, 0) is 53.9 Å². The first-order valence-electron chi connectivity index (χ1n) is 12.1. The van der Waals surface area contributed by atoms with Gasteiger partial charge in [0, 0.05) is 49.5 Å². The predicted octanol–water partition coefficient (Wildman–Crippen LogP) is 2.48. The lowest BCUT2D eigenvalue weighted by Gasteiger charge is -2.26. The van der Waals surface area contributed by atoms with Crippen molar-refractivity contribution in [3.05, 3.63) is 90.0 Å². The molecule has 0 fully saturated rings. The molecule has 2 aromatic carbocycles. The lowest BCUT2D eigenvalue weighted by molar-refractivity contribution is -0.120. The van der Waals surface area contributed by atoms with Gasteiger partial charge in [-0.1, -0.05) is 6.07 Å². The SMILES string of the molecule is CN(C(=O)[C@H](Cc1cc(F)cc(F)c1)NC(=O)NS(=O)(=O)N1CCc2cccnc21)c1ccc2cncnc2c1. The first-order chi connectivity index (χ1) is 19.1. The van der Waals surface area contributed by atoms with Crippen LogP contribution in [0, 0.1) is 11.6 Å². The van der Waals surface area contributed by atoms with Crippen LogP contribution in [0.5, 0.6) is 0 Å². The summed E-state index contributed by atoms with van der Waals surface area (Å²) in [5.74, 6) is -2.20. The monoisotopic (exact) mass is 567 g/mol. The van der Waals surface area contributed by atoms with E-state index in [1.165, 1.54) is 24.5 Å². The van der Waals surface area contributed by atoms with E-state index in [0.717, 1.165) is 21.8 Å². The van der Waals surface area contributed by atoms with Crippen molar-refractivity contribution in [2.45, 2.75) is 18.9 Å². The summed E-state index contributed by atoms with van der Waals surface area (Å²) in [5, 5.41) is 3.09. The molecular formula is C26H23F2N7O4S. The molecule has 2 N–H and O–H groups in total. The van der Waals surface area contributed by atoms with Crippen molar-refractivity contribution in [2.24, 2.45) is 0 Å². The van der Waals surface area contributed by atoms with Crippen LogP contribution in [0.25, 0.3) is 10.9 Å². The number of fused-ring (bicyclic) bond motifs is 2. The zero-order chi connectivity index (χ0) is 28.4. The smallest absolute Gasteiger partial charge is 0.325 e. The molecule has 0 saturated heterocycles. The van der Waals surface area contributed by atoms with E-state index in [-0.39, 0.29) is 24.3 Å². The number of carbonyl (C=O) groups is 2. The molecule has 206 valence electrons. The summed E-state index contributed by atoms with van der Waals surface area (Å²) >= 11 is 0. The van der Waals surface area contributed by atoms with Crippen molar-refractivity contribution in [1.82, 2.24) is 25.0 Å². The second-order valence-electron chi connectivity index (χ2n) is 9.09. The fourth-order valence-corrected chi connectivity index (χ4v) is 5.60. The normalized spacial score (nSPS) is 13.5. The number of rotatable bonds is 7. The highest BCUT2D eigenvalue weighted by Gasteiger charge is 2.33. The standard InChI is InChI=1S/C26H23F2N7O4S/c1-34(21-5-4-18-14-29-15-31-22(18)13-21)25(36)23(11-16-9-19(27)12-20(28)10-16)32-26(37)33-40(38,39)35-8-6-17-3-2-7-30-24(17)35/h2-5,7,9-10,12-15,23H,6,8,11H2,1H3,(H2,32,33,37)/t23-/m0/s1. The van der Waals surface area contributed by atoms with Crippen LogP contribution >= 0.6 is 0 Å². The van der Waals surface area contributed by atoms with Crippen LogP contribution in [0.4, 0.5) is 25.1 Å². The van der Waals surface area contributed by atoms with Gasteiger partial charge in [-0.3, -0.25) is 4.79 Å². The minimum atomic E-state index is -4.38. The summed E-state index contributed by atoms with van der Waals surface area (Å²) in [6, 6.07) is 8.54. The fourth-order valence-electron chi connectivity index (χ4n) is 4.47. The van der Waals surface area contributed by atoms with Crippen LogP contribution in [0.2, 0.25) is 0 Å². The van der Waals surface area contributed by atoms with Crippen molar-refractivity contribution in [3.8, 4) is 0 Å². The molecule has 0 spiro atoms. The van der Waals surface area contributed by atoms with Crippen LogP contribution in [0.1, 0.15) is 11.1 Å². The number of aromatic nitrogens is 3. The zero-order valence-electron chi connectivity index (χ0n) is 21.1. The van der Waals surface area contributed by atoms with Crippen molar-refractivity contribution in [1.29, 1.82) is 0 Å². The van der Waals surface area contributed by atoms with Gasteiger partial charge < -0.3 is 10.2 Å². The number of carbonyl (C=O) groups excluding carboxylic acids is 2. The Kier molecular flexibility index (Phi) is 7.26. The number of amides is 3. The molecule has 0 saturated carbocycles. The van der Waals surface area contributed by atoms with E-state index in [4.69, 9.17) is 0 Å². The third-order valence-electron chi connectivity index (χ3n) is 6.37. The molecule has 4 aromatic rings. The Morgan fingerprint density at radius 3 is 2.65 bits per heavy atom. The molecule has 0 unspecified atom stereocenters. The van der Waals surface area contributed by atoms with Crippen LogP contribution in [-0.2, 0) is 27.8 Å². The Morgan fingerprint density at radius 1 is 1.10 bits per heavy atom. The van der Waals surface area contributed by atoms with Crippen LogP contribution in [0.3, 0.4) is 0 Å². The van der Waals surface area contributed by atoms with E-state index >= 15 is 0 Å². The molecular weight excluding hydrogens is 544 g/mol. The largest absolute Gasteiger partial charge is 0.330 e. The summed E-state index contributed by atoms with van der Waals surface area (Å²) in [5.41, 5.74) is 1.77. The van der Waals surface area contributed by atoms with Gasteiger partial charge in [-0.2, -0.15) is 8.42 Å². The summed E-state index contributed by atoms with van der Waals surface area (Å²) in [6.07, 6.45) is 4.49. The topological polar surface area (TPSA) is 137 Å². The Hall–Kier alpha value is -4.72. The van der Waals surface area contributed by atoms with Gasteiger partial charge in [0.25, 0.3) is 0 Å². The van der Waals surface area contributed by atoms with Crippen LogP contribution in [-0.4, -0.2) is 54.9 Å². The van der Waals surface area contributed by atoms with Gasteiger partial charge in [0.05, 0.1) is 5.52 Å². The van der Waals surface area contributed by atoms with E-state index in [0.29, 0.717) is 29.3 Å². The maximum Gasteiger partial charge on any atom is 0.330 e. The van der Waals surface area contributed by atoms with Gasteiger partial charge in [0.15, 0.2) is 0 Å². The number of likely N-dealkylation sites (N-methyl/N-ethyl adjacent to an activating group) is 1. The number of halogens is 2. The van der Waals surface area contributed by atoms with Gasteiger partial charge in [0.2, 0.25) is 5.91 Å². The molecule has 14 heteroatoms. The lowest BCUT2D eigenvalue weighted by atomic mass is 10.0. The molecule has 1 atom stereocenters. The number of nitrogens with one attached hydrogen (secondary N) is 2. The molecule has 0 radical (unpaired) electrons. The molecule has 40 heavy (non-hydrogen) atoms. The molecule has 3 amide bonds. The van der Waals surface area contributed by atoms with Gasteiger partial charge in [-0.15, -0.1) is 0 Å². The van der Waals surface area contributed by atoms with Crippen molar-refractivity contribution >= 4 is 44.6 Å². The third-order valence-corrected chi connectivity index (χ3v) is 7.75. The minimum absolute atomic E-state index is 0.0775. The molecule has 1 aliphatic rings. The predicted molar refractivity (Wildman–Crippen MR) is 143 cm³/mol. The maximum absolute atomic E-state index is 13.9. The minimum Gasteiger partial charge on any atom is -0.325 e. The molecule has 0 bridgehead atoms. The van der Waals surface area contributed by atoms with Gasteiger partial charge in [0.1, 0.15) is 29.8 Å². The molecule has 5 rings (SSSR count). The molecule has 2 aromatic heterocycles. The number of anilines is 2. The quantitative estimate of drug-likeness (QED) is 0.350. The van der Waals surface area contributed by atoms with E-state index in [9.17, 15) is 26.8 Å². The Labute approximate surface area is 228 Å². The number of urea groups is 1. The van der Waals surface area contributed by atoms with Crippen LogP contribution in [0.15, 0.2) is 67.3 Å². The van der Waals surface area contributed by atoms with E-state index in [1.54, 1.807) is 36.5 Å². The molecule has 1 aliphatic heterocycles. The van der Waals surface area contributed by atoms with Crippen molar-refractivity contribution in [2.75, 3.05) is 22.8 Å². The summed E-state index contributed by atoms with van der Waals surface area (Å²) < 4.78 is 56.6. The number of hydrogen-bond acceptors (Lipinski definition) is 7. The maximum atomic E-state index is 13.9.